The Hall–Kier alpha value is -2.06. The Balaban J connectivity index is 1.69. The first-order valence-electron chi connectivity index (χ1n) is 8.49. The monoisotopic (exact) mass is 308 g/mol. The summed E-state index contributed by atoms with van der Waals surface area (Å²) < 4.78 is 5.85. The largest absolute Gasteiger partial charge is 0.494 e. The van der Waals surface area contributed by atoms with Gasteiger partial charge in [0, 0.05) is 6.61 Å². The fourth-order valence-corrected chi connectivity index (χ4v) is 3.01. The maximum Gasteiger partial charge on any atom is 0.119 e. The van der Waals surface area contributed by atoms with E-state index in [1.807, 2.05) is 0 Å². The molecule has 1 N–H and O–H groups in total. The Kier molecular flexibility index (Phi) is 5.49. The molecule has 0 bridgehead atoms. The molecule has 2 heteroatoms. The van der Waals surface area contributed by atoms with Crippen molar-refractivity contribution in [2.45, 2.75) is 32.1 Å². The number of fused-ring (bicyclic) bond motifs is 1. The number of unbranched alkanes of at least 4 members (excludes halogenated alkanes) is 2. The number of aryl methyl sites for hydroxylation is 1. The van der Waals surface area contributed by atoms with Gasteiger partial charge in [0.05, 0.1) is 6.61 Å². The molecule has 2 aromatic carbocycles. The molecule has 2 nitrogen and oxygen atoms in total. The van der Waals surface area contributed by atoms with Gasteiger partial charge in [-0.25, -0.2) is 0 Å². The van der Waals surface area contributed by atoms with E-state index in [-0.39, 0.29) is 6.61 Å². The molecule has 0 saturated carbocycles. The second-order valence-electron chi connectivity index (χ2n) is 6.03. The average molecular weight is 308 g/mol. The zero-order valence-corrected chi connectivity index (χ0v) is 13.5. The molecule has 23 heavy (non-hydrogen) atoms. The molecule has 3 rings (SSSR count). The summed E-state index contributed by atoms with van der Waals surface area (Å²) >= 11 is 0. The van der Waals surface area contributed by atoms with Crippen LogP contribution < -0.4 is 4.74 Å². The molecule has 0 aliphatic heterocycles. The quantitative estimate of drug-likeness (QED) is 0.750. The summed E-state index contributed by atoms with van der Waals surface area (Å²) in [6.45, 7) is 0.986. The normalized spacial score (nSPS) is 13.3. The van der Waals surface area contributed by atoms with Crippen molar-refractivity contribution in [3.05, 3.63) is 65.2 Å². The van der Waals surface area contributed by atoms with Gasteiger partial charge in [0.25, 0.3) is 0 Å². The van der Waals surface area contributed by atoms with E-state index in [9.17, 15) is 0 Å². The number of hydrogen-bond acceptors (Lipinski definition) is 2. The van der Waals surface area contributed by atoms with Gasteiger partial charge in [0.2, 0.25) is 0 Å². The Morgan fingerprint density at radius 3 is 2.61 bits per heavy atom. The van der Waals surface area contributed by atoms with Crippen LogP contribution in [-0.4, -0.2) is 18.3 Å². The molecular weight excluding hydrogens is 284 g/mol. The first-order valence-corrected chi connectivity index (χ1v) is 8.49. The number of aliphatic hydroxyl groups is 1. The van der Waals surface area contributed by atoms with Gasteiger partial charge >= 0.3 is 0 Å². The van der Waals surface area contributed by atoms with Crippen LogP contribution in [0.3, 0.4) is 0 Å². The Morgan fingerprint density at radius 2 is 1.78 bits per heavy atom. The van der Waals surface area contributed by atoms with E-state index in [4.69, 9.17) is 9.84 Å². The topological polar surface area (TPSA) is 29.5 Å². The number of ether oxygens (including phenoxy) is 1. The van der Waals surface area contributed by atoms with Crippen LogP contribution in [0.5, 0.6) is 5.75 Å². The molecule has 0 fully saturated rings. The van der Waals surface area contributed by atoms with Gasteiger partial charge in [-0.2, -0.15) is 0 Å². The van der Waals surface area contributed by atoms with E-state index in [0.29, 0.717) is 6.61 Å². The molecule has 0 saturated heterocycles. The summed E-state index contributed by atoms with van der Waals surface area (Å²) in [4.78, 5) is 0. The van der Waals surface area contributed by atoms with Gasteiger partial charge in [0.15, 0.2) is 0 Å². The second kappa shape index (κ2) is 7.98. The Bertz CT molecular complexity index is 659. The zero-order valence-electron chi connectivity index (χ0n) is 13.5. The van der Waals surface area contributed by atoms with Crippen molar-refractivity contribution in [3.63, 3.8) is 0 Å². The fourth-order valence-electron chi connectivity index (χ4n) is 3.01. The highest BCUT2D eigenvalue weighted by Gasteiger charge is 2.12. The predicted octanol–water partition coefficient (Wildman–Crippen LogP) is 4.71. The van der Waals surface area contributed by atoms with Crippen LogP contribution in [0.15, 0.2) is 48.5 Å². The van der Waals surface area contributed by atoms with Crippen molar-refractivity contribution < 1.29 is 9.84 Å². The van der Waals surface area contributed by atoms with Gasteiger partial charge in [-0.05, 0) is 66.5 Å². The second-order valence-corrected chi connectivity index (χ2v) is 6.03. The SMILES string of the molecule is OCCCCCOc1ccc2c(c1)C=C(c1ccccc1)CC2. The third-order valence-electron chi connectivity index (χ3n) is 4.33. The maximum absolute atomic E-state index is 8.79. The number of benzene rings is 2. The lowest BCUT2D eigenvalue weighted by molar-refractivity contribution is 0.266. The van der Waals surface area contributed by atoms with Crippen LogP contribution in [0, 0.1) is 0 Å². The van der Waals surface area contributed by atoms with Crippen LogP contribution in [0.4, 0.5) is 0 Å². The first kappa shape index (κ1) is 15.8. The van der Waals surface area contributed by atoms with Gasteiger partial charge in [-0.1, -0.05) is 42.5 Å². The Labute approximate surface area is 138 Å². The summed E-state index contributed by atoms with van der Waals surface area (Å²) in [6, 6.07) is 17.0. The lowest BCUT2D eigenvalue weighted by Gasteiger charge is -2.18. The Morgan fingerprint density at radius 1 is 0.913 bits per heavy atom. The summed E-state index contributed by atoms with van der Waals surface area (Å²) in [7, 11) is 0. The predicted molar refractivity (Wildman–Crippen MR) is 95.5 cm³/mol. The van der Waals surface area contributed by atoms with Crippen LogP contribution in [0.2, 0.25) is 0 Å². The van der Waals surface area contributed by atoms with E-state index < -0.39 is 0 Å². The van der Waals surface area contributed by atoms with Crippen molar-refractivity contribution in [2.75, 3.05) is 13.2 Å². The van der Waals surface area contributed by atoms with Gasteiger partial charge in [-0.15, -0.1) is 0 Å². The van der Waals surface area contributed by atoms with E-state index in [1.165, 1.54) is 22.3 Å². The number of rotatable bonds is 7. The van der Waals surface area contributed by atoms with Gasteiger partial charge in [-0.3, -0.25) is 0 Å². The van der Waals surface area contributed by atoms with Crippen molar-refractivity contribution in [2.24, 2.45) is 0 Å². The summed E-state index contributed by atoms with van der Waals surface area (Å²) in [5.74, 6) is 0.943. The molecule has 120 valence electrons. The minimum absolute atomic E-state index is 0.270. The van der Waals surface area contributed by atoms with Gasteiger partial charge < -0.3 is 9.84 Å². The minimum atomic E-state index is 0.270. The van der Waals surface area contributed by atoms with Crippen LogP contribution >= 0.6 is 0 Å². The van der Waals surface area contributed by atoms with Crippen LogP contribution in [-0.2, 0) is 6.42 Å². The molecule has 2 aromatic rings. The summed E-state index contributed by atoms with van der Waals surface area (Å²) in [5, 5.41) is 8.79. The average Bonchev–Trinajstić information content (AvgIpc) is 2.61. The zero-order chi connectivity index (χ0) is 15.9. The van der Waals surface area contributed by atoms with Crippen molar-refractivity contribution in [1.29, 1.82) is 0 Å². The molecule has 0 spiro atoms. The highest BCUT2D eigenvalue weighted by molar-refractivity contribution is 5.84. The number of hydrogen-bond donors (Lipinski definition) is 1. The van der Waals surface area contributed by atoms with Gasteiger partial charge in [0.1, 0.15) is 5.75 Å². The molecule has 0 radical (unpaired) electrons. The minimum Gasteiger partial charge on any atom is -0.494 e. The molecule has 1 aliphatic rings. The molecule has 0 aromatic heterocycles. The highest BCUT2D eigenvalue weighted by Crippen LogP contribution is 2.32. The lowest BCUT2D eigenvalue weighted by Crippen LogP contribution is -2.02. The number of aliphatic hydroxyl groups excluding tert-OH is 1. The third-order valence-corrected chi connectivity index (χ3v) is 4.33. The van der Waals surface area contributed by atoms with E-state index >= 15 is 0 Å². The third kappa shape index (κ3) is 4.23. The van der Waals surface area contributed by atoms with E-state index in [0.717, 1.165) is 37.9 Å². The number of allylic oxidation sites excluding steroid dienone is 1. The molecular formula is C21H24O2. The molecule has 0 unspecified atom stereocenters. The molecule has 1 aliphatic carbocycles. The van der Waals surface area contributed by atoms with Crippen molar-refractivity contribution in [1.82, 2.24) is 0 Å². The van der Waals surface area contributed by atoms with Crippen LogP contribution in [0.1, 0.15) is 42.4 Å². The molecule has 0 amide bonds. The smallest absolute Gasteiger partial charge is 0.119 e. The molecule has 0 atom stereocenters. The summed E-state index contributed by atoms with van der Waals surface area (Å²) in [6.07, 6.45) is 7.34. The standard InChI is InChI=1S/C21H24O2/c22-13-5-2-6-14-23-21-12-11-18-9-10-19(15-20(18)16-21)17-7-3-1-4-8-17/h1,3-4,7-8,11-12,15-16,22H,2,5-6,9-10,13-14H2. The molecule has 0 heterocycles. The van der Waals surface area contributed by atoms with Crippen molar-refractivity contribution in [3.8, 4) is 5.75 Å². The maximum atomic E-state index is 8.79. The fraction of sp³-hybridized carbons (Fsp3) is 0.333. The first-order chi connectivity index (χ1) is 11.4. The lowest BCUT2D eigenvalue weighted by atomic mass is 9.88. The summed E-state index contributed by atoms with van der Waals surface area (Å²) in [5.41, 5.74) is 5.40. The van der Waals surface area contributed by atoms with Crippen molar-refractivity contribution >= 4 is 11.6 Å². The van der Waals surface area contributed by atoms with Crippen LogP contribution in [0.25, 0.3) is 11.6 Å². The van der Waals surface area contributed by atoms with E-state index in [1.54, 1.807) is 0 Å². The van der Waals surface area contributed by atoms with E-state index in [2.05, 4.69) is 54.6 Å². The highest BCUT2D eigenvalue weighted by atomic mass is 16.5.